The molecule has 0 atom stereocenters. The van der Waals surface area contributed by atoms with Crippen LogP contribution in [-0.4, -0.2) is 20.1 Å². The van der Waals surface area contributed by atoms with E-state index in [9.17, 15) is 5.11 Å². The van der Waals surface area contributed by atoms with E-state index in [2.05, 4.69) is 37.0 Å². The van der Waals surface area contributed by atoms with Crippen LogP contribution in [0.15, 0.2) is 36.4 Å². The fourth-order valence-electron chi connectivity index (χ4n) is 2.79. The Morgan fingerprint density at radius 1 is 1.09 bits per heavy atom. The number of aromatic hydroxyl groups is 1. The predicted molar refractivity (Wildman–Crippen MR) is 93.2 cm³/mol. The second-order valence-corrected chi connectivity index (χ2v) is 6.29. The third-order valence-corrected chi connectivity index (χ3v) is 4.12. The summed E-state index contributed by atoms with van der Waals surface area (Å²) in [5, 5.41) is 19.7. The lowest BCUT2D eigenvalue weighted by atomic mass is 9.96. The average Bonchev–Trinajstić information content (AvgIpc) is 2.97. The van der Waals surface area contributed by atoms with Gasteiger partial charge in [-0.25, -0.2) is 0 Å². The topological polar surface area (TPSA) is 50.9 Å². The van der Waals surface area contributed by atoms with E-state index < -0.39 is 0 Å². The number of aryl methyl sites for hydroxylation is 1. The molecule has 0 unspecified atom stereocenters. The number of aromatic nitrogens is 3. The van der Waals surface area contributed by atoms with E-state index in [4.69, 9.17) is 0 Å². The van der Waals surface area contributed by atoms with Crippen LogP contribution in [0.2, 0.25) is 0 Å². The molecule has 0 aliphatic rings. The largest absolute Gasteiger partial charge is 0.505 e. The van der Waals surface area contributed by atoms with Crippen LogP contribution in [-0.2, 0) is 6.42 Å². The lowest BCUT2D eigenvalue weighted by Gasteiger charge is -2.14. The smallest absolute Gasteiger partial charge is 0.146 e. The third-order valence-electron chi connectivity index (χ3n) is 4.12. The van der Waals surface area contributed by atoms with Crippen molar-refractivity contribution in [3.63, 3.8) is 0 Å². The van der Waals surface area contributed by atoms with Crippen LogP contribution in [0.25, 0.3) is 16.7 Å². The molecule has 3 rings (SSSR count). The number of phenols is 1. The van der Waals surface area contributed by atoms with Crippen molar-refractivity contribution >= 4 is 11.0 Å². The third kappa shape index (κ3) is 3.07. The summed E-state index contributed by atoms with van der Waals surface area (Å²) >= 11 is 0. The Kier molecular flexibility index (Phi) is 4.33. The molecule has 0 fully saturated rings. The minimum atomic E-state index is 0.250. The van der Waals surface area contributed by atoms with Crippen LogP contribution in [0.5, 0.6) is 5.75 Å². The zero-order valence-electron chi connectivity index (χ0n) is 14.0. The van der Waals surface area contributed by atoms with Gasteiger partial charge in [0.1, 0.15) is 22.5 Å². The molecular weight excluding hydrogens is 286 g/mol. The number of fused-ring (bicyclic) bond motifs is 1. The van der Waals surface area contributed by atoms with E-state index in [1.54, 1.807) is 4.80 Å². The van der Waals surface area contributed by atoms with Gasteiger partial charge in [0, 0.05) is 0 Å². The number of rotatable bonds is 5. The lowest BCUT2D eigenvalue weighted by Crippen LogP contribution is -2.03. The summed E-state index contributed by atoms with van der Waals surface area (Å²) < 4.78 is 0. The van der Waals surface area contributed by atoms with E-state index in [1.165, 1.54) is 5.56 Å². The molecule has 3 aromatic rings. The highest BCUT2D eigenvalue weighted by molar-refractivity contribution is 5.73. The highest BCUT2D eigenvalue weighted by Crippen LogP contribution is 2.33. The van der Waals surface area contributed by atoms with Gasteiger partial charge in [-0.2, -0.15) is 0 Å². The second-order valence-electron chi connectivity index (χ2n) is 6.29. The number of phenolic OH excluding ortho intramolecular Hbond substituents is 1. The molecule has 23 heavy (non-hydrogen) atoms. The molecule has 0 spiro atoms. The Labute approximate surface area is 136 Å². The van der Waals surface area contributed by atoms with Crippen LogP contribution < -0.4 is 0 Å². The molecule has 0 saturated heterocycles. The van der Waals surface area contributed by atoms with Crippen LogP contribution in [0, 0.1) is 0 Å². The van der Waals surface area contributed by atoms with E-state index in [0.29, 0.717) is 5.69 Å². The summed E-state index contributed by atoms with van der Waals surface area (Å²) in [5.74, 6) is 0.529. The quantitative estimate of drug-likeness (QED) is 0.750. The van der Waals surface area contributed by atoms with Crippen molar-refractivity contribution in [2.75, 3.05) is 0 Å². The molecule has 0 radical (unpaired) electrons. The van der Waals surface area contributed by atoms with Gasteiger partial charge < -0.3 is 5.11 Å². The Morgan fingerprint density at radius 3 is 2.30 bits per heavy atom. The van der Waals surface area contributed by atoms with E-state index in [-0.39, 0.29) is 11.7 Å². The Balaban J connectivity index is 2.14. The van der Waals surface area contributed by atoms with Gasteiger partial charge >= 0.3 is 0 Å². The molecule has 1 N–H and O–H groups in total. The summed E-state index contributed by atoms with van der Waals surface area (Å²) in [6, 6.07) is 11.9. The summed E-state index contributed by atoms with van der Waals surface area (Å²) in [6.45, 7) is 6.37. The SMILES string of the molecule is CCCCc1cc(C(C)C)c(O)c(-n2nc3ccccc3n2)c1. The van der Waals surface area contributed by atoms with Crippen LogP contribution in [0.1, 0.15) is 50.7 Å². The normalized spacial score (nSPS) is 11.5. The fraction of sp³-hybridized carbons (Fsp3) is 0.368. The summed E-state index contributed by atoms with van der Waals surface area (Å²) in [7, 11) is 0. The van der Waals surface area contributed by atoms with Crippen molar-refractivity contribution in [1.29, 1.82) is 0 Å². The van der Waals surface area contributed by atoms with E-state index >= 15 is 0 Å². The Bertz CT molecular complexity index is 788. The molecule has 0 aliphatic carbocycles. The molecule has 0 bridgehead atoms. The van der Waals surface area contributed by atoms with Gasteiger partial charge in [-0.15, -0.1) is 15.0 Å². The summed E-state index contributed by atoms with van der Waals surface area (Å²) in [4.78, 5) is 1.56. The zero-order chi connectivity index (χ0) is 16.4. The van der Waals surface area contributed by atoms with Gasteiger partial charge in [-0.3, -0.25) is 0 Å². The highest BCUT2D eigenvalue weighted by Gasteiger charge is 2.16. The molecular formula is C19H23N3O. The Morgan fingerprint density at radius 2 is 1.74 bits per heavy atom. The molecule has 0 aliphatic heterocycles. The lowest BCUT2D eigenvalue weighted by molar-refractivity contribution is 0.457. The number of nitrogens with zero attached hydrogens (tertiary/aromatic N) is 3. The molecule has 4 nitrogen and oxygen atoms in total. The minimum Gasteiger partial charge on any atom is -0.505 e. The van der Waals surface area contributed by atoms with Gasteiger partial charge in [-0.05, 0) is 48.1 Å². The van der Waals surface area contributed by atoms with Gasteiger partial charge in [0.25, 0.3) is 0 Å². The van der Waals surface area contributed by atoms with Gasteiger partial charge in [0.15, 0.2) is 0 Å². The number of hydrogen-bond acceptors (Lipinski definition) is 3. The van der Waals surface area contributed by atoms with Crippen molar-refractivity contribution in [2.24, 2.45) is 0 Å². The molecule has 1 heterocycles. The van der Waals surface area contributed by atoms with Crippen molar-refractivity contribution in [2.45, 2.75) is 46.0 Å². The maximum Gasteiger partial charge on any atom is 0.146 e. The summed E-state index contributed by atoms with van der Waals surface area (Å²) in [6.07, 6.45) is 3.29. The molecule has 4 heteroatoms. The van der Waals surface area contributed by atoms with Crippen LogP contribution in [0.3, 0.4) is 0 Å². The first kappa shape index (κ1) is 15.5. The van der Waals surface area contributed by atoms with Crippen molar-refractivity contribution in [3.8, 4) is 11.4 Å². The van der Waals surface area contributed by atoms with Crippen LogP contribution in [0.4, 0.5) is 0 Å². The van der Waals surface area contributed by atoms with Crippen molar-refractivity contribution in [1.82, 2.24) is 15.0 Å². The van der Waals surface area contributed by atoms with E-state index in [0.717, 1.165) is 35.9 Å². The number of hydrogen-bond donors (Lipinski definition) is 1. The molecule has 0 saturated carbocycles. The first-order chi connectivity index (χ1) is 11.1. The van der Waals surface area contributed by atoms with Gasteiger partial charge in [-0.1, -0.05) is 45.4 Å². The first-order valence-electron chi connectivity index (χ1n) is 8.28. The van der Waals surface area contributed by atoms with Crippen molar-refractivity contribution in [3.05, 3.63) is 47.5 Å². The summed E-state index contributed by atoms with van der Waals surface area (Å²) in [5.41, 5.74) is 4.51. The van der Waals surface area contributed by atoms with Crippen LogP contribution >= 0.6 is 0 Å². The minimum absolute atomic E-state index is 0.250. The average molecular weight is 309 g/mol. The van der Waals surface area contributed by atoms with Gasteiger partial charge in [0.05, 0.1) is 0 Å². The zero-order valence-corrected chi connectivity index (χ0v) is 14.0. The molecule has 120 valence electrons. The number of unbranched alkanes of at least 4 members (excludes halogenated alkanes) is 1. The fourth-order valence-corrected chi connectivity index (χ4v) is 2.79. The first-order valence-corrected chi connectivity index (χ1v) is 8.28. The maximum absolute atomic E-state index is 10.7. The number of benzene rings is 2. The second kappa shape index (κ2) is 6.41. The predicted octanol–water partition coefficient (Wildman–Crippen LogP) is 4.59. The maximum atomic E-state index is 10.7. The van der Waals surface area contributed by atoms with E-state index in [1.807, 2.05) is 30.3 Å². The molecule has 1 aromatic heterocycles. The van der Waals surface area contributed by atoms with Gasteiger partial charge in [0.2, 0.25) is 0 Å². The molecule has 0 amide bonds. The standard InChI is InChI=1S/C19H23N3O/c1-4-5-8-14-11-15(13(2)3)19(23)18(12-14)22-20-16-9-6-7-10-17(16)21-22/h6-7,9-13,23H,4-5,8H2,1-3H3. The Hall–Kier alpha value is -2.36. The van der Waals surface area contributed by atoms with Crippen molar-refractivity contribution < 1.29 is 5.11 Å². The highest BCUT2D eigenvalue weighted by atomic mass is 16.3. The monoisotopic (exact) mass is 309 g/mol. The molecule has 2 aromatic carbocycles.